The summed E-state index contributed by atoms with van der Waals surface area (Å²) in [6, 6.07) is 10.8. The van der Waals surface area contributed by atoms with Gasteiger partial charge in [-0.05, 0) is 12.1 Å². The zero-order valence-corrected chi connectivity index (χ0v) is 11.3. The van der Waals surface area contributed by atoms with Gasteiger partial charge in [0.1, 0.15) is 11.4 Å². The SMILES string of the molecule is NC(=O)c1cc(-c2nc(N)nc(Nc3ccccc3)n2)n[nH]1. The topological polar surface area (TPSA) is 148 Å². The van der Waals surface area contributed by atoms with E-state index in [4.69, 9.17) is 11.5 Å². The zero-order valence-electron chi connectivity index (χ0n) is 11.3. The minimum absolute atomic E-state index is 0.0343. The molecule has 0 bridgehead atoms. The van der Waals surface area contributed by atoms with E-state index in [0.29, 0.717) is 5.69 Å². The Hall–Kier alpha value is -3.49. The number of nitrogens with zero attached hydrogens (tertiary/aromatic N) is 4. The highest BCUT2D eigenvalue weighted by Crippen LogP contribution is 2.18. The van der Waals surface area contributed by atoms with Crippen molar-refractivity contribution in [3.63, 3.8) is 0 Å². The average molecular weight is 296 g/mol. The Bertz CT molecular complexity index is 814. The van der Waals surface area contributed by atoms with E-state index < -0.39 is 5.91 Å². The standard InChI is InChI=1S/C13H12N8O/c14-10(22)8-6-9(21-20-8)11-17-12(15)19-13(18-11)16-7-4-2-1-3-5-7/h1-6H,(H2,14,22)(H,20,21)(H3,15,16,17,18,19). The highest BCUT2D eigenvalue weighted by molar-refractivity contribution is 5.91. The molecule has 9 heteroatoms. The number of nitrogen functional groups attached to an aromatic ring is 1. The normalized spacial score (nSPS) is 10.4. The number of amides is 1. The van der Waals surface area contributed by atoms with Gasteiger partial charge in [-0.2, -0.15) is 20.1 Å². The van der Waals surface area contributed by atoms with E-state index in [-0.39, 0.29) is 23.4 Å². The fraction of sp³-hybridized carbons (Fsp3) is 0. The molecule has 0 unspecified atom stereocenters. The van der Waals surface area contributed by atoms with Gasteiger partial charge in [0.2, 0.25) is 11.9 Å². The summed E-state index contributed by atoms with van der Waals surface area (Å²) in [5.41, 5.74) is 12.2. The lowest BCUT2D eigenvalue weighted by molar-refractivity contribution is 0.0995. The lowest BCUT2D eigenvalue weighted by Gasteiger charge is -2.05. The van der Waals surface area contributed by atoms with Crippen LogP contribution >= 0.6 is 0 Å². The lowest BCUT2D eigenvalue weighted by Crippen LogP contribution is -2.11. The first-order valence-corrected chi connectivity index (χ1v) is 6.31. The number of benzene rings is 1. The molecule has 22 heavy (non-hydrogen) atoms. The van der Waals surface area contributed by atoms with E-state index >= 15 is 0 Å². The number of carbonyl (C=O) groups excluding carboxylic acids is 1. The summed E-state index contributed by atoms with van der Waals surface area (Å²) in [4.78, 5) is 23.3. The molecule has 3 aromatic rings. The third-order valence-electron chi connectivity index (χ3n) is 2.76. The van der Waals surface area contributed by atoms with Crippen molar-refractivity contribution in [3.05, 3.63) is 42.1 Å². The number of hydrogen-bond donors (Lipinski definition) is 4. The largest absolute Gasteiger partial charge is 0.368 e. The van der Waals surface area contributed by atoms with E-state index in [9.17, 15) is 4.79 Å². The van der Waals surface area contributed by atoms with Crippen LogP contribution in [0.4, 0.5) is 17.6 Å². The third-order valence-corrected chi connectivity index (χ3v) is 2.76. The van der Waals surface area contributed by atoms with Crippen LogP contribution in [0, 0.1) is 0 Å². The van der Waals surface area contributed by atoms with Crippen LogP contribution in [0.3, 0.4) is 0 Å². The van der Waals surface area contributed by atoms with Gasteiger partial charge in [-0.1, -0.05) is 18.2 Å². The molecule has 0 aliphatic heterocycles. The quantitative estimate of drug-likeness (QED) is 0.553. The second-order valence-electron chi connectivity index (χ2n) is 4.36. The molecule has 0 radical (unpaired) electrons. The van der Waals surface area contributed by atoms with Gasteiger partial charge in [-0.3, -0.25) is 9.89 Å². The second-order valence-corrected chi connectivity index (χ2v) is 4.36. The maximum Gasteiger partial charge on any atom is 0.266 e. The van der Waals surface area contributed by atoms with Crippen molar-refractivity contribution in [3.8, 4) is 11.5 Å². The molecule has 3 rings (SSSR count). The molecule has 6 N–H and O–H groups in total. The summed E-state index contributed by atoms with van der Waals surface area (Å²) in [6.07, 6.45) is 0. The van der Waals surface area contributed by atoms with Crippen molar-refractivity contribution >= 4 is 23.5 Å². The van der Waals surface area contributed by atoms with Crippen molar-refractivity contribution in [2.24, 2.45) is 5.73 Å². The van der Waals surface area contributed by atoms with Crippen molar-refractivity contribution in [1.29, 1.82) is 0 Å². The number of H-pyrrole nitrogens is 1. The Kier molecular flexibility index (Phi) is 3.36. The molecule has 0 spiro atoms. The molecule has 0 saturated heterocycles. The molecule has 2 heterocycles. The van der Waals surface area contributed by atoms with Gasteiger partial charge in [0, 0.05) is 11.8 Å². The molecular weight excluding hydrogens is 284 g/mol. The fourth-order valence-electron chi connectivity index (χ4n) is 1.78. The Morgan fingerprint density at radius 2 is 1.91 bits per heavy atom. The van der Waals surface area contributed by atoms with Crippen LogP contribution in [0.2, 0.25) is 0 Å². The number of nitrogens with two attached hydrogens (primary N) is 2. The molecule has 0 aliphatic rings. The van der Waals surface area contributed by atoms with Crippen LogP contribution in [-0.4, -0.2) is 31.1 Å². The van der Waals surface area contributed by atoms with E-state index in [1.807, 2.05) is 30.3 Å². The first-order valence-electron chi connectivity index (χ1n) is 6.31. The molecular formula is C13H12N8O. The minimum atomic E-state index is -0.622. The smallest absolute Gasteiger partial charge is 0.266 e. The van der Waals surface area contributed by atoms with Gasteiger partial charge in [0.15, 0.2) is 5.82 Å². The molecule has 0 saturated carbocycles. The van der Waals surface area contributed by atoms with E-state index in [1.54, 1.807) is 0 Å². The van der Waals surface area contributed by atoms with Crippen LogP contribution in [0.5, 0.6) is 0 Å². The van der Waals surface area contributed by atoms with Gasteiger partial charge >= 0.3 is 0 Å². The van der Waals surface area contributed by atoms with Crippen molar-refractivity contribution in [2.75, 3.05) is 11.1 Å². The Morgan fingerprint density at radius 3 is 2.59 bits per heavy atom. The van der Waals surface area contributed by atoms with Crippen LogP contribution in [0.15, 0.2) is 36.4 Å². The number of aromatic nitrogens is 5. The monoisotopic (exact) mass is 296 g/mol. The second kappa shape index (κ2) is 5.48. The van der Waals surface area contributed by atoms with Crippen LogP contribution < -0.4 is 16.8 Å². The van der Waals surface area contributed by atoms with Crippen molar-refractivity contribution in [1.82, 2.24) is 25.1 Å². The lowest BCUT2D eigenvalue weighted by atomic mass is 10.3. The summed E-state index contributed by atoms with van der Waals surface area (Å²) in [6.45, 7) is 0. The molecule has 1 amide bonds. The van der Waals surface area contributed by atoms with Crippen LogP contribution in [0.25, 0.3) is 11.5 Å². The molecule has 0 fully saturated rings. The maximum atomic E-state index is 11.1. The predicted octanol–water partition coefficient (Wildman–Crippen LogP) is 0.686. The van der Waals surface area contributed by atoms with E-state index in [2.05, 4.69) is 30.5 Å². The van der Waals surface area contributed by atoms with Gasteiger partial charge in [-0.25, -0.2) is 0 Å². The molecule has 110 valence electrons. The third kappa shape index (κ3) is 2.82. The summed E-state index contributed by atoms with van der Waals surface area (Å²) in [5.74, 6) is -0.0810. The first kappa shape index (κ1) is 13.5. The summed E-state index contributed by atoms with van der Waals surface area (Å²) < 4.78 is 0. The molecule has 9 nitrogen and oxygen atoms in total. The number of carbonyl (C=O) groups is 1. The number of primary amides is 1. The van der Waals surface area contributed by atoms with Gasteiger partial charge in [-0.15, -0.1) is 0 Å². The Balaban J connectivity index is 1.93. The van der Waals surface area contributed by atoms with Crippen LogP contribution in [-0.2, 0) is 0 Å². The summed E-state index contributed by atoms with van der Waals surface area (Å²) in [7, 11) is 0. The van der Waals surface area contributed by atoms with Gasteiger partial charge in [0.25, 0.3) is 5.91 Å². The van der Waals surface area contributed by atoms with E-state index in [1.165, 1.54) is 6.07 Å². The number of aromatic amines is 1. The molecule has 0 aliphatic carbocycles. The predicted molar refractivity (Wildman–Crippen MR) is 80.1 cm³/mol. The van der Waals surface area contributed by atoms with Crippen molar-refractivity contribution < 1.29 is 4.79 Å². The summed E-state index contributed by atoms with van der Waals surface area (Å²) >= 11 is 0. The minimum Gasteiger partial charge on any atom is -0.368 e. The van der Waals surface area contributed by atoms with Gasteiger partial charge in [0.05, 0.1) is 0 Å². The number of para-hydroxylation sites is 1. The Morgan fingerprint density at radius 1 is 1.14 bits per heavy atom. The average Bonchev–Trinajstić information content (AvgIpc) is 2.98. The highest BCUT2D eigenvalue weighted by Gasteiger charge is 2.12. The van der Waals surface area contributed by atoms with E-state index in [0.717, 1.165) is 5.69 Å². The number of anilines is 3. The highest BCUT2D eigenvalue weighted by atomic mass is 16.1. The molecule has 0 atom stereocenters. The first-order chi connectivity index (χ1) is 10.6. The van der Waals surface area contributed by atoms with Gasteiger partial charge < -0.3 is 16.8 Å². The number of hydrogen-bond acceptors (Lipinski definition) is 7. The number of nitrogens with one attached hydrogen (secondary N) is 2. The maximum absolute atomic E-state index is 11.1. The van der Waals surface area contributed by atoms with Crippen LogP contribution in [0.1, 0.15) is 10.5 Å². The Labute approximate surface area is 124 Å². The molecule has 1 aromatic carbocycles. The molecule has 2 aromatic heterocycles. The summed E-state index contributed by atoms with van der Waals surface area (Å²) in [5, 5.41) is 9.45. The van der Waals surface area contributed by atoms with Crippen molar-refractivity contribution in [2.45, 2.75) is 0 Å². The zero-order chi connectivity index (χ0) is 15.5. The number of rotatable bonds is 4. The fourth-order valence-corrected chi connectivity index (χ4v) is 1.78.